The van der Waals surface area contributed by atoms with Crippen LogP contribution >= 0.6 is 0 Å². The van der Waals surface area contributed by atoms with Crippen LogP contribution in [0.3, 0.4) is 0 Å². The van der Waals surface area contributed by atoms with Crippen LogP contribution < -0.4 is 0 Å². The maximum absolute atomic E-state index is 11.6. The predicted octanol–water partition coefficient (Wildman–Crippen LogP) is 5.34. The molecule has 0 radical (unpaired) electrons. The predicted molar refractivity (Wildman–Crippen MR) is 130 cm³/mol. The van der Waals surface area contributed by atoms with Crippen LogP contribution in [0.2, 0.25) is 0 Å². The molecule has 1 unspecified atom stereocenters. The minimum atomic E-state index is -4.70. The molecule has 0 aliphatic rings. The quantitative estimate of drug-likeness (QED) is 0.0916. The Hall–Kier alpha value is -0.410. The van der Waals surface area contributed by atoms with Gasteiger partial charge in [0.15, 0.2) is 0 Å². The van der Waals surface area contributed by atoms with Gasteiger partial charge in [0.2, 0.25) is 0 Å². The van der Waals surface area contributed by atoms with Crippen molar-refractivity contribution in [1.82, 2.24) is 0 Å². The molecule has 7 nitrogen and oxygen atoms in total. The molecule has 0 spiro atoms. The fraction of sp³-hybridized carbons (Fsp3) is 0.826. The second-order valence-corrected chi connectivity index (χ2v) is 9.86. The van der Waals surface area contributed by atoms with E-state index in [0.29, 0.717) is 6.42 Å². The zero-order chi connectivity index (χ0) is 23.7. The molecule has 0 heterocycles. The van der Waals surface area contributed by atoms with Gasteiger partial charge in [-0.05, 0) is 19.3 Å². The zero-order valence-electron chi connectivity index (χ0n) is 19.3. The number of carboxylic acid groups (broad SMARTS) is 2. The first-order valence-electron chi connectivity index (χ1n) is 11.8. The van der Waals surface area contributed by atoms with Gasteiger partial charge in [0.1, 0.15) is 5.25 Å². The Labute approximate surface area is 216 Å². The van der Waals surface area contributed by atoms with E-state index in [-0.39, 0.29) is 42.4 Å². The van der Waals surface area contributed by atoms with Crippen molar-refractivity contribution in [2.24, 2.45) is 0 Å². The number of carboxylic acids is 2. The molecule has 0 saturated heterocycles. The maximum atomic E-state index is 11.6. The summed E-state index contributed by atoms with van der Waals surface area (Å²) < 4.78 is 32.3. The van der Waals surface area contributed by atoms with E-state index in [4.69, 9.17) is 0 Å². The van der Waals surface area contributed by atoms with Crippen LogP contribution in [0.25, 0.3) is 0 Å². The normalized spacial score (nSPS) is 13.2. The van der Waals surface area contributed by atoms with Crippen LogP contribution in [0.15, 0.2) is 11.1 Å². The monoisotopic (exact) mass is 486 g/mol. The van der Waals surface area contributed by atoms with E-state index in [1.807, 2.05) is 0 Å². The van der Waals surface area contributed by atoms with Crippen LogP contribution in [0.5, 0.6) is 0 Å². The van der Waals surface area contributed by atoms with Crippen LogP contribution in [-0.2, 0) is 19.7 Å². The first-order valence-corrected chi connectivity index (χ1v) is 13.3. The number of hydrogen-bond acceptors (Lipinski definition) is 4. The number of carbonyl (C=O) groups is 2. The molecular formula is C23H43NaO7S. The second-order valence-electron chi connectivity index (χ2n) is 8.26. The Morgan fingerprint density at radius 3 is 1.34 bits per heavy atom. The molecule has 0 fully saturated rings. The number of rotatable bonds is 20. The van der Waals surface area contributed by atoms with Gasteiger partial charge < -0.3 is 10.2 Å². The third-order valence-electron chi connectivity index (χ3n) is 5.65. The third-order valence-corrected chi connectivity index (χ3v) is 6.93. The van der Waals surface area contributed by atoms with Crippen LogP contribution in [0.1, 0.15) is 117 Å². The fourth-order valence-corrected chi connectivity index (χ4v) is 4.84. The second kappa shape index (κ2) is 20.0. The van der Waals surface area contributed by atoms with Gasteiger partial charge in [-0.25, -0.2) is 9.59 Å². The molecule has 0 aliphatic carbocycles. The van der Waals surface area contributed by atoms with Gasteiger partial charge in [0, 0.05) is 5.57 Å². The molecule has 0 aromatic heterocycles. The molecule has 0 bridgehead atoms. The zero-order valence-corrected chi connectivity index (χ0v) is 20.1. The minimum absolute atomic E-state index is 0. The average molecular weight is 487 g/mol. The van der Waals surface area contributed by atoms with E-state index in [2.05, 4.69) is 6.92 Å². The Morgan fingerprint density at radius 2 is 1.06 bits per heavy atom. The van der Waals surface area contributed by atoms with Gasteiger partial charge in [-0.1, -0.05) is 97.3 Å². The summed E-state index contributed by atoms with van der Waals surface area (Å²) in [4.78, 5) is 23.1. The molecule has 3 N–H and O–H groups in total. The van der Waals surface area contributed by atoms with Crippen LogP contribution in [0, 0.1) is 0 Å². The van der Waals surface area contributed by atoms with Crippen molar-refractivity contribution in [3.05, 3.63) is 11.1 Å². The van der Waals surface area contributed by atoms with E-state index in [1.165, 1.54) is 64.7 Å². The van der Waals surface area contributed by atoms with Crippen molar-refractivity contribution in [2.45, 2.75) is 122 Å². The number of unbranched alkanes of at least 4 members (excludes halogenated alkanes) is 13. The summed E-state index contributed by atoms with van der Waals surface area (Å²) in [5.74, 6) is -3.07. The summed E-state index contributed by atoms with van der Waals surface area (Å²) in [5, 5.41) is 17.1. The molecule has 0 aromatic carbocycles. The molecule has 32 heavy (non-hydrogen) atoms. The van der Waals surface area contributed by atoms with Gasteiger partial charge in [-0.3, -0.25) is 4.55 Å². The van der Waals surface area contributed by atoms with Crippen molar-refractivity contribution in [2.75, 3.05) is 0 Å². The molecule has 0 amide bonds. The van der Waals surface area contributed by atoms with Crippen molar-refractivity contribution < 1.29 is 32.8 Å². The SMILES string of the molecule is CCCCCCCCCCCCCCCCC(C(=O)O)=C(C(=O)O)C(CC)S(=O)(=O)O.[NaH]. The summed E-state index contributed by atoms with van der Waals surface area (Å²) in [6, 6.07) is 0. The van der Waals surface area contributed by atoms with Crippen LogP contribution in [0.4, 0.5) is 0 Å². The summed E-state index contributed by atoms with van der Waals surface area (Å²) in [6.07, 6.45) is 15.8. The molecule has 9 heteroatoms. The van der Waals surface area contributed by atoms with Gasteiger partial charge in [-0.15, -0.1) is 0 Å². The van der Waals surface area contributed by atoms with Crippen molar-refractivity contribution in [1.29, 1.82) is 0 Å². The standard InChI is InChI=1S/C23H42O7S.Na.H/c1-3-5-6-7-8-9-10-11-12-13-14-15-16-17-18-19(22(24)25)21(23(26)27)20(4-2)31(28,29)30;;/h20H,3-18H2,1-2H3,(H,24,25)(H,26,27)(H,28,29,30);;. The molecule has 0 aromatic rings. The van der Waals surface area contributed by atoms with Crippen molar-refractivity contribution >= 4 is 51.6 Å². The first-order chi connectivity index (χ1) is 14.7. The fourth-order valence-electron chi connectivity index (χ4n) is 3.88. The molecule has 184 valence electrons. The van der Waals surface area contributed by atoms with Gasteiger partial charge in [0.05, 0.1) is 5.57 Å². The number of aliphatic carboxylic acids is 2. The topological polar surface area (TPSA) is 129 Å². The van der Waals surface area contributed by atoms with E-state index in [0.717, 1.165) is 25.7 Å². The molecule has 1 atom stereocenters. The third kappa shape index (κ3) is 15.4. The van der Waals surface area contributed by atoms with Crippen LogP contribution in [-0.4, -0.2) is 69.9 Å². The summed E-state index contributed by atoms with van der Waals surface area (Å²) in [5.41, 5.74) is -1.16. The van der Waals surface area contributed by atoms with Gasteiger partial charge in [-0.2, -0.15) is 8.42 Å². The van der Waals surface area contributed by atoms with Gasteiger partial charge >= 0.3 is 41.5 Å². The van der Waals surface area contributed by atoms with Gasteiger partial charge in [0.25, 0.3) is 10.1 Å². The Bertz CT molecular complexity index is 659. The van der Waals surface area contributed by atoms with E-state index >= 15 is 0 Å². The van der Waals surface area contributed by atoms with Crippen molar-refractivity contribution in [3.63, 3.8) is 0 Å². The summed E-state index contributed by atoms with van der Waals surface area (Å²) in [7, 11) is -4.70. The Balaban J connectivity index is 0. The average Bonchev–Trinajstić information content (AvgIpc) is 2.68. The van der Waals surface area contributed by atoms with E-state index in [1.54, 1.807) is 0 Å². The summed E-state index contributed by atoms with van der Waals surface area (Å²) in [6.45, 7) is 3.62. The first kappa shape index (κ1) is 33.8. The molecule has 0 rings (SSSR count). The molecule has 0 aliphatic heterocycles. The number of hydrogen-bond donors (Lipinski definition) is 3. The molecular weight excluding hydrogens is 443 g/mol. The summed E-state index contributed by atoms with van der Waals surface area (Å²) >= 11 is 0. The molecule has 0 saturated carbocycles. The Kier molecular flexibility index (Phi) is 21.1. The van der Waals surface area contributed by atoms with Crippen molar-refractivity contribution in [3.8, 4) is 0 Å². The Morgan fingerprint density at radius 1 is 0.688 bits per heavy atom. The van der Waals surface area contributed by atoms with E-state index < -0.39 is 38.5 Å². The van der Waals surface area contributed by atoms with E-state index in [9.17, 15) is 32.8 Å².